The first-order valence-electron chi connectivity index (χ1n) is 7.80. The molecule has 0 unspecified atom stereocenters. The van der Waals surface area contributed by atoms with E-state index in [4.69, 9.17) is 19.3 Å². The number of ether oxygens (including phenoxy) is 3. The molecule has 0 aliphatic carbocycles. The van der Waals surface area contributed by atoms with Crippen LogP contribution in [0.2, 0.25) is 0 Å². The second-order valence-electron chi connectivity index (χ2n) is 5.35. The van der Waals surface area contributed by atoms with Crippen LogP contribution in [0.25, 0.3) is 6.08 Å². The normalized spacial score (nSPS) is 10.3. The molecule has 0 aliphatic rings. The van der Waals surface area contributed by atoms with Crippen molar-refractivity contribution in [3.8, 4) is 11.5 Å². The van der Waals surface area contributed by atoms with Crippen LogP contribution in [0.1, 0.15) is 26.3 Å². The molecule has 0 radical (unpaired) electrons. The zero-order valence-corrected chi connectivity index (χ0v) is 21.1. The molecule has 0 aliphatic heterocycles. The highest BCUT2D eigenvalue weighted by Crippen LogP contribution is 2.30. The van der Waals surface area contributed by atoms with E-state index in [-0.39, 0.29) is 18.8 Å². The summed E-state index contributed by atoms with van der Waals surface area (Å²) < 4.78 is 18.4. The van der Waals surface area contributed by atoms with E-state index in [0.717, 1.165) is 9.13 Å². The number of esters is 1. The Hall–Kier alpha value is -1.09. The molecular weight excluding hydrogens is 705 g/mol. The van der Waals surface area contributed by atoms with Gasteiger partial charge < -0.3 is 19.3 Å². The third kappa shape index (κ3) is 5.72. The molecule has 2 aromatic rings. The molecule has 0 saturated carbocycles. The van der Waals surface area contributed by atoms with Crippen LogP contribution in [-0.2, 0) is 4.74 Å². The number of carboxylic acids is 1. The largest absolute Gasteiger partial charge is 0.495 e. The Kier molecular flexibility index (Phi) is 8.80. The second kappa shape index (κ2) is 10.6. The van der Waals surface area contributed by atoms with Gasteiger partial charge in [0.2, 0.25) is 0 Å². The molecule has 0 heterocycles. The number of aromatic carboxylic acids is 1. The van der Waals surface area contributed by atoms with Crippen LogP contribution in [0.3, 0.4) is 0 Å². The third-order valence-electron chi connectivity index (χ3n) is 3.53. The van der Waals surface area contributed by atoms with Crippen molar-refractivity contribution in [2.24, 2.45) is 0 Å². The molecule has 9 heteroatoms. The minimum atomic E-state index is -0.998. The molecule has 0 fully saturated rings. The number of halogens is 3. The lowest BCUT2D eigenvalue weighted by Crippen LogP contribution is -2.14. The molecule has 0 amide bonds. The molecule has 0 saturated heterocycles. The van der Waals surface area contributed by atoms with E-state index in [9.17, 15) is 9.59 Å². The summed E-state index contributed by atoms with van der Waals surface area (Å²) in [5.41, 5.74) is 1.30. The maximum absolute atomic E-state index is 12.4. The average molecular weight is 720 g/mol. The van der Waals surface area contributed by atoms with Gasteiger partial charge in [0.1, 0.15) is 30.3 Å². The van der Waals surface area contributed by atoms with Gasteiger partial charge in [0.25, 0.3) is 0 Å². The summed E-state index contributed by atoms with van der Waals surface area (Å²) in [6.45, 7) is 3.88. The quantitative estimate of drug-likeness (QED) is 0.233. The van der Waals surface area contributed by atoms with Gasteiger partial charge in [-0.05, 0) is 97.6 Å². The van der Waals surface area contributed by atoms with Gasteiger partial charge in [-0.15, -0.1) is 0 Å². The lowest BCUT2D eigenvalue weighted by atomic mass is 10.1. The molecule has 2 rings (SSSR count). The standard InChI is InChI=1S/C19H15I3O6/c1-3-10-6-12(16(26-2)13(20)7-10)19(25)28-5-4-27-17-14(21)8-11(18(23)24)9-15(17)22/h3,6-9H,1,4-5H2,2H3,(H,23,24). The number of benzene rings is 2. The molecule has 28 heavy (non-hydrogen) atoms. The predicted octanol–water partition coefficient (Wildman–Crippen LogP) is 5.09. The Balaban J connectivity index is 2.03. The smallest absolute Gasteiger partial charge is 0.342 e. The zero-order valence-electron chi connectivity index (χ0n) is 14.6. The van der Waals surface area contributed by atoms with Gasteiger partial charge in [0, 0.05) is 0 Å². The summed E-state index contributed by atoms with van der Waals surface area (Å²) in [4.78, 5) is 23.5. The molecule has 0 spiro atoms. The molecule has 2 aromatic carbocycles. The maximum atomic E-state index is 12.4. The van der Waals surface area contributed by atoms with Crippen molar-refractivity contribution in [2.75, 3.05) is 20.3 Å². The third-order valence-corrected chi connectivity index (χ3v) is 5.94. The topological polar surface area (TPSA) is 82.1 Å². The minimum Gasteiger partial charge on any atom is -0.495 e. The van der Waals surface area contributed by atoms with E-state index in [1.807, 2.05) is 51.2 Å². The van der Waals surface area contributed by atoms with Gasteiger partial charge in [-0.2, -0.15) is 0 Å². The van der Waals surface area contributed by atoms with Crippen LogP contribution in [0, 0.1) is 10.7 Å². The number of methoxy groups -OCH3 is 1. The highest BCUT2D eigenvalue weighted by molar-refractivity contribution is 14.1. The van der Waals surface area contributed by atoms with Crippen molar-refractivity contribution in [3.63, 3.8) is 0 Å². The van der Waals surface area contributed by atoms with E-state index in [1.54, 1.807) is 12.1 Å². The highest BCUT2D eigenvalue weighted by Gasteiger charge is 2.18. The van der Waals surface area contributed by atoms with Crippen molar-refractivity contribution in [3.05, 3.63) is 58.2 Å². The number of carboxylic acid groups (broad SMARTS) is 1. The Bertz CT molecular complexity index is 903. The number of rotatable bonds is 8. The number of hydrogen-bond acceptors (Lipinski definition) is 5. The Labute approximate surface area is 203 Å². The van der Waals surface area contributed by atoms with Crippen LogP contribution < -0.4 is 9.47 Å². The molecule has 0 bridgehead atoms. The van der Waals surface area contributed by atoms with E-state index < -0.39 is 11.9 Å². The zero-order chi connectivity index (χ0) is 20.8. The van der Waals surface area contributed by atoms with Crippen molar-refractivity contribution >= 4 is 85.8 Å². The Morgan fingerprint density at radius 1 is 1.04 bits per heavy atom. The van der Waals surface area contributed by atoms with Gasteiger partial charge in [-0.25, -0.2) is 9.59 Å². The predicted molar refractivity (Wildman–Crippen MR) is 130 cm³/mol. The number of hydrogen-bond donors (Lipinski definition) is 1. The highest BCUT2D eigenvalue weighted by atomic mass is 127. The summed E-state index contributed by atoms with van der Waals surface area (Å²) >= 11 is 6.11. The van der Waals surface area contributed by atoms with Crippen molar-refractivity contribution < 1.29 is 28.9 Å². The average Bonchev–Trinajstić information content (AvgIpc) is 2.65. The molecular formula is C19H15I3O6. The lowest BCUT2D eigenvalue weighted by molar-refractivity contribution is 0.0445. The van der Waals surface area contributed by atoms with Crippen molar-refractivity contribution in [1.29, 1.82) is 0 Å². The molecule has 148 valence electrons. The van der Waals surface area contributed by atoms with Crippen LogP contribution in [0.4, 0.5) is 0 Å². The first-order chi connectivity index (χ1) is 13.3. The fraction of sp³-hybridized carbons (Fsp3) is 0.158. The van der Waals surface area contributed by atoms with E-state index in [2.05, 4.69) is 29.2 Å². The fourth-order valence-electron chi connectivity index (χ4n) is 2.27. The molecule has 6 nitrogen and oxygen atoms in total. The monoisotopic (exact) mass is 720 g/mol. The first kappa shape index (κ1) is 23.2. The van der Waals surface area contributed by atoms with Gasteiger partial charge in [0.15, 0.2) is 0 Å². The summed E-state index contributed by atoms with van der Waals surface area (Å²) in [5.74, 6) is -0.511. The Morgan fingerprint density at radius 2 is 1.64 bits per heavy atom. The van der Waals surface area contributed by atoms with Crippen LogP contribution in [-0.4, -0.2) is 37.4 Å². The van der Waals surface area contributed by atoms with E-state index >= 15 is 0 Å². The van der Waals surface area contributed by atoms with E-state index in [0.29, 0.717) is 24.2 Å². The first-order valence-corrected chi connectivity index (χ1v) is 11.0. The van der Waals surface area contributed by atoms with Gasteiger partial charge in [-0.3, -0.25) is 0 Å². The molecule has 1 N–H and O–H groups in total. The summed E-state index contributed by atoms with van der Waals surface area (Å²) in [6, 6.07) is 6.57. The van der Waals surface area contributed by atoms with Gasteiger partial charge in [-0.1, -0.05) is 12.7 Å². The van der Waals surface area contributed by atoms with Crippen molar-refractivity contribution in [1.82, 2.24) is 0 Å². The van der Waals surface area contributed by atoms with Crippen LogP contribution in [0.15, 0.2) is 30.8 Å². The van der Waals surface area contributed by atoms with E-state index in [1.165, 1.54) is 19.2 Å². The fourth-order valence-corrected chi connectivity index (χ4v) is 5.22. The number of carbonyl (C=O) groups excluding carboxylic acids is 1. The lowest BCUT2D eigenvalue weighted by Gasteiger charge is -2.13. The number of carbonyl (C=O) groups is 2. The summed E-state index contributed by atoms with van der Waals surface area (Å²) in [6.07, 6.45) is 1.64. The molecule has 0 atom stereocenters. The summed E-state index contributed by atoms with van der Waals surface area (Å²) in [7, 11) is 1.50. The minimum absolute atomic E-state index is 0.0315. The van der Waals surface area contributed by atoms with Crippen LogP contribution >= 0.6 is 67.8 Å². The van der Waals surface area contributed by atoms with Crippen LogP contribution in [0.5, 0.6) is 11.5 Å². The van der Waals surface area contributed by atoms with Crippen molar-refractivity contribution in [2.45, 2.75) is 0 Å². The van der Waals surface area contributed by atoms with Gasteiger partial charge >= 0.3 is 11.9 Å². The SMILES string of the molecule is C=Cc1cc(I)c(OC)c(C(=O)OCCOc2c(I)cc(C(=O)O)cc2I)c1. The maximum Gasteiger partial charge on any atom is 0.342 e. The summed E-state index contributed by atoms with van der Waals surface area (Å²) in [5, 5.41) is 9.09. The molecule has 0 aromatic heterocycles. The Morgan fingerprint density at radius 3 is 2.18 bits per heavy atom. The second-order valence-corrected chi connectivity index (χ2v) is 8.83. The van der Waals surface area contributed by atoms with Gasteiger partial charge in [0.05, 0.1) is 23.4 Å².